The van der Waals surface area contributed by atoms with E-state index in [1.807, 2.05) is 0 Å². The van der Waals surface area contributed by atoms with Gasteiger partial charge in [-0.2, -0.15) is 26.3 Å². The van der Waals surface area contributed by atoms with Crippen molar-refractivity contribution >= 4 is 5.71 Å². The Labute approximate surface area is 67.3 Å². The molecule has 0 aromatic heterocycles. The first-order valence-corrected chi connectivity index (χ1v) is 2.64. The topological polar surface area (TPSA) is 52.8 Å². The highest BCUT2D eigenvalue weighted by Crippen LogP contribution is 2.28. The lowest BCUT2D eigenvalue weighted by atomic mass is 10.2. The molecule has 0 fully saturated rings. The summed E-state index contributed by atoms with van der Waals surface area (Å²) in [4.78, 5) is 0. The van der Waals surface area contributed by atoms with Crippen molar-refractivity contribution in [2.24, 2.45) is 5.16 Å². The van der Waals surface area contributed by atoms with E-state index in [0.717, 1.165) is 0 Å². The van der Waals surface area contributed by atoms with Gasteiger partial charge in [-0.1, -0.05) is 5.16 Å². The van der Waals surface area contributed by atoms with Gasteiger partial charge in [0.05, 0.1) is 0 Å². The molecule has 0 saturated carbocycles. The minimum absolute atomic E-state index is 1.35. The number of oxime groups is 1. The zero-order valence-corrected chi connectivity index (χ0v) is 5.69. The Kier molecular flexibility index (Phi) is 3.14. The molecule has 0 aliphatic rings. The molecule has 0 amide bonds. The van der Waals surface area contributed by atoms with Crippen LogP contribution in [0.15, 0.2) is 5.16 Å². The van der Waals surface area contributed by atoms with E-state index in [0.29, 0.717) is 0 Å². The van der Waals surface area contributed by atoms with Gasteiger partial charge < -0.3 is 10.3 Å². The van der Waals surface area contributed by atoms with Gasteiger partial charge in [0.25, 0.3) is 0 Å². The summed E-state index contributed by atoms with van der Waals surface area (Å²) in [6.07, 6.45) is -14.9. The van der Waals surface area contributed by atoms with Gasteiger partial charge in [-0.05, 0) is 0 Å². The van der Waals surface area contributed by atoms with Crippen LogP contribution in [0.25, 0.3) is 0 Å². The van der Waals surface area contributed by atoms with E-state index in [1.165, 1.54) is 5.16 Å². The van der Waals surface area contributed by atoms with Gasteiger partial charge in [0.15, 0.2) is 5.71 Å². The molecule has 0 aliphatic carbocycles. The van der Waals surface area contributed by atoms with Gasteiger partial charge in [-0.15, -0.1) is 0 Å². The third-order valence-corrected chi connectivity index (χ3v) is 0.967. The van der Waals surface area contributed by atoms with Crippen molar-refractivity contribution in [1.29, 1.82) is 0 Å². The Morgan fingerprint density at radius 3 is 1.54 bits per heavy atom. The van der Waals surface area contributed by atoms with Crippen LogP contribution in [0.2, 0.25) is 0 Å². The van der Waals surface area contributed by atoms with Gasteiger partial charge in [0.1, 0.15) is 0 Å². The predicted octanol–water partition coefficient (Wildman–Crippen LogP) is 1.30. The van der Waals surface area contributed by atoms with Gasteiger partial charge in [0, 0.05) is 0 Å². The van der Waals surface area contributed by atoms with E-state index in [2.05, 4.69) is 0 Å². The fourth-order valence-electron chi connectivity index (χ4n) is 0.421. The first-order valence-electron chi connectivity index (χ1n) is 2.64. The molecule has 0 rings (SSSR count). The molecule has 0 aromatic rings. The second kappa shape index (κ2) is 3.40. The highest BCUT2D eigenvalue weighted by molar-refractivity contribution is 5.93. The Morgan fingerprint density at radius 2 is 1.46 bits per heavy atom. The summed E-state index contributed by atoms with van der Waals surface area (Å²) in [5.41, 5.74) is -2.69. The smallest absolute Gasteiger partial charge is 0.411 e. The maximum atomic E-state index is 11.6. The number of alkyl halides is 6. The summed E-state index contributed by atoms with van der Waals surface area (Å²) in [7, 11) is 0. The first-order chi connectivity index (χ1) is 5.60. The minimum Gasteiger partial charge on any atom is -0.411 e. The summed E-state index contributed by atoms with van der Waals surface area (Å²) in [6, 6.07) is 0. The van der Waals surface area contributed by atoms with Crippen LogP contribution in [0.5, 0.6) is 0 Å². The van der Waals surface area contributed by atoms with E-state index in [9.17, 15) is 26.3 Å². The standard InChI is InChI=1S/C4H3F6NO2/c5-3(6,7)1(11-13)2(12)4(8,9)10/h2,12-13H. The molecule has 13 heavy (non-hydrogen) atoms. The van der Waals surface area contributed by atoms with Crippen molar-refractivity contribution in [2.75, 3.05) is 0 Å². The van der Waals surface area contributed by atoms with Crippen LogP contribution in [-0.4, -0.2) is 34.5 Å². The van der Waals surface area contributed by atoms with Crippen LogP contribution in [0.1, 0.15) is 0 Å². The Balaban J connectivity index is 4.84. The van der Waals surface area contributed by atoms with E-state index in [-0.39, 0.29) is 0 Å². The monoisotopic (exact) mass is 211 g/mol. The molecule has 2 N–H and O–H groups in total. The van der Waals surface area contributed by atoms with Crippen molar-refractivity contribution in [1.82, 2.24) is 0 Å². The summed E-state index contributed by atoms with van der Waals surface area (Å²) < 4.78 is 69.1. The second-order valence-corrected chi connectivity index (χ2v) is 1.93. The molecule has 0 radical (unpaired) electrons. The Hall–Kier alpha value is -0.990. The maximum absolute atomic E-state index is 11.6. The number of hydrogen-bond acceptors (Lipinski definition) is 3. The average Bonchev–Trinajstić information content (AvgIpc) is 1.83. The first kappa shape index (κ1) is 12.0. The molecule has 9 heteroatoms. The van der Waals surface area contributed by atoms with Crippen LogP contribution in [0.3, 0.4) is 0 Å². The van der Waals surface area contributed by atoms with Crippen molar-refractivity contribution in [3.8, 4) is 0 Å². The van der Waals surface area contributed by atoms with E-state index >= 15 is 0 Å². The molecule has 0 bridgehead atoms. The van der Waals surface area contributed by atoms with E-state index in [4.69, 9.17) is 10.3 Å². The molecule has 0 heterocycles. The number of aliphatic hydroxyl groups excluding tert-OH is 1. The summed E-state index contributed by atoms with van der Waals surface area (Å²) in [5, 5.41) is 17.0. The minimum atomic E-state index is -5.52. The van der Waals surface area contributed by atoms with E-state index < -0.39 is 24.2 Å². The molecule has 0 aliphatic heterocycles. The van der Waals surface area contributed by atoms with Crippen LogP contribution in [-0.2, 0) is 0 Å². The number of aliphatic hydroxyl groups is 1. The second-order valence-electron chi connectivity index (χ2n) is 1.93. The van der Waals surface area contributed by atoms with Crippen molar-refractivity contribution < 1.29 is 36.7 Å². The van der Waals surface area contributed by atoms with Crippen LogP contribution in [0, 0.1) is 0 Å². The maximum Gasteiger partial charge on any atom is 0.435 e. The molecular formula is C4H3F6NO2. The molecular weight excluding hydrogens is 208 g/mol. The van der Waals surface area contributed by atoms with E-state index in [1.54, 1.807) is 0 Å². The van der Waals surface area contributed by atoms with Crippen LogP contribution >= 0.6 is 0 Å². The quantitative estimate of drug-likeness (QED) is 0.297. The average molecular weight is 211 g/mol. The number of nitrogens with zero attached hydrogens (tertiary/aromatic N) is 1. The van der Waals surface area contributed by atoms with Gasteiger partial charge in [-0.3, -0.25) is 0 Å². The lowest BCUT2D eigenvalue weighted by Gasteiger charge is -2.17. The largest absolute Gasteiger partial charge is 0.435 e. The summed E-state index contributed by atoms with van der Waals surface area (Å²) >= 11 is 0. The zero-order valence-electron chi connectivity index (χ0n) is 5.69. The normalized spacial score (nSPS) is 17.3. The molecule has 0 aromatic carbocycles. The fourth-order valence-corrected chi connectivity index (χ4v) is 0.421. The molecule has 0 spiro atoms. The van der Waals surface area contributed by atoms with Crippen molar-refractivity contribution in [2.45, 2.75) is 18.5 Å². The summed E-state index contributed by atoms with van der Waals surface area (Å²) in [5.74, 6) is 0. The molecule has 0 saturated heterocycles. The number of rotatable bonds is 1. The molecule has 78 valence electrons. The SMILES string of the molecule is ON=C(C(O)C(F)(F)F)C(F)(F)F. The predicted molar refractivity (Wildman–Crippen MR) is 27.3 cm³/mol. The van der Waals surface area contributed by atoms with Gasteiger partial charge in [0.2, 0.25) is 6.10 Å². The highest BCUT2D eigenvalue weighted by Gasteiger charge is 2.52. The Bertz CT molecular complexity index is 206. The Morgan fingerprint density at radius 1 is 1.08 bits per heavy atom. The van der Waals surface area contributed by atoms with Crippen LogP contribution < -0.4 is 0 Å². The third kappa shape index (κ3) is 3.09. The number of halogens is 6. The highest BCUT2D eigenvalue weighted by atomic mass is 19.4. The zero-order chi connectivity index (χ0) is 10.9. The van der Waals surface area contributed by atoms with Gasteiger partial charge in [-0.25, -0.2) is 0 Å². The molecule has 1 atom stereocenters. The fraction of sp³-hybridized carbons (Fsp3) is 0.750. The lowest BCUT2D eigenvalue weighted by molar-refractivity contribution is -0.190. The van der Waals surface area contributed by atoms with Crippen molar-refractivity contribution in [3.05, 3.63) is 0 Å². The third-order valence-electron chi connectivity index (χ3n) is 0.967. The van der Waals surface area contributed by atoms with Crippen LogP contribution in [0.4, 0.5) is 26.3 Å². The lowest BCUT2D eigenvalue weighted by Crippen LogP contribution is -2.44. The molecule has 1 unspecified atom stereocenters. The molecule has 3 nitrogen and oxygen atoms in total. The summed E-state index contributed by atoms with van der Waals surface area (Å²) in [6.45, 7) is 0. The van der Waals surface area contributed by atoms with Crippen molar-refractivity contribution in [3.63, 3.8) is 0 Å². The number of hydrogen-bond donors (Lipinski definition) is 2. The van der Waals surface area contributed by atoms with Gasteiger partial charge >= 0.3 is 12.4 Å².